The molecule has 0 spiro atoms. The van der Waals surface area contributed by atoms with E-state index in [0.717, 1.165) is 5.56 Å². The number of nitrogens with zero attached hydrogens (tertiary/aromatic N) is 1. The molecule has 1 amide bonds. The van der Waals surface area contributed by atoms with Crippen molar-refractivity contribution in [1.29, 1.82) is 0 Å². The summed E-state index contributed by atoms with van der Waals surface area (Å²) in [6.07, 6.45) is 2.97. The number of hydrogen-bond acceptors (Lipinski definition) is 5. The Labute approximate surface area is 210 Å². The second kappa shape index (κ2) is 9.70. The van der Waals surface area contributed by atoms with Crippen LogP contribution in [0.4, 0.5) is 5.69 Å². The molecule has 3 aromatic carbocycles. The van der Waals surface area contributed by atoms with Gasteiger partial charge in [0.05, 0.1) is 17.2 Å². The minimum absolute atomic E-state index is 0.301. The Morgan fingerprint density at radius 2 is 1.83 bits per heavy atom. The van der Waals surface area contributed by atoms with Crippen molar-refractivity contribution in [3.8, 4) is 28.5 Å². The largest absolute Gasteiger partial charge is 0.497 e. The Hall–Kier alpha value is -4.00. The van der Waals surface area contributed by atoms with Crippen molar-refractivity contribution in [1.82, 2.24) is 4.98 Å². The fourth-order valence-electron chi connectivity index (χ4n) is 3.48. The van der Waals surface area contributed by atoms with Gasteiger partial charge in [-0.15, -0.1) is 0 Å². The zero-order chi connectivity index (χ0) is 24.4. The van der Waals surface area contributed by atoms with E-state index in [2.05, 4.69) is 10.3 Å². The molecular formula is C27H18Cl2N2O4. The number of rotatable bonds is 6. The first-order valence-corrected chi connectivity index (χ1v) is 11.3. The molecule has 0 saturated heterocycles. The van der Waals surface area contributed by atoms with E-state index >= 15 is 0 Å². The summed E-state index contributed by atoms with van der Waals surface area (Å²) in [4.78, 5) is 16.9. The molecule has 0 aliphatic rings. The van der Waals surface area contributed by atoms with Gasteiger partial charge in [0.1, 0.15) is 22.8 Å². The SMILES string of the molecule is COc1ccc2oc(-c3ccc(NC(=O)C=Cc4ccc(-c5cccc(Cl)c5Cl)o4)cc3)nc2c1. The van der Waals surface area contributed by atoms with E-state index < -0.39 is 0 Å². The predicted molar refractivity (Wildman–Crippen MR) is 138 cm³/mol. The Morgan fingerprint density at radius 3 is 2.63 bits per heavy atom. The van der Waals surface area contributed by atoms with Crippen molar-refractivity contribution in [3.05, 3.63) is 94.7 Å². The molecule has 0 aliphatic heterocycles. The van der Waals surface area contributed by atoms with Crippen molar-refractivity contribution in [2.24, 2.45) is 0 Å². The average Bonchev–Trinajstić information content (AvgIpc) is 3.51. The molecule has 5 rings (SSSR count). The summed E-state index contributed by atoms with van der Waals surface area (Å²) in [6, 6.07) is 21.5. The molecule has 8 heteroatoms. The lowest BCUT2D eigenvalue weighted by atomic mass is 10.2. The molecule has 174 valence electrons. The van der Waals surface area contributed by atoms with Crippen LogP contribution in [0.1, 0.15) is 5.76 Å². The van der Waals surface area contributed by atoms with Gasteiger partial charge in [-0.25, -0.2) is 4.98 Å². The van der Waals surface area contributed by atoms with Gasteiger partial charge in [0.25, 0.3) is 0 Å². The summed E-state index contributed by atoms with van der Waals surface area (Å²) in [6.45, 7) is 0. The first-order chi connectivity index (χ1) is 17.0. The number of fused-ring (bicyclic) bond motifs is 1. The van der Waals surface area contributed by atoms with Gasteiger partial charge >= 0.3 is 0 Å². The highest BCUT2D eigenvalue weighted by atomic mass is 35.5. The molecule has 0 saturated carbocycles. The van der Waals surface area contributed by atoms with E-state index in [4.69, 9.17) is 36.8 Å². The number of methoxy groups -OCH3 is 1. The number of ether oxygens (including phenoxy) is 1. The van der Waals surface area contributed by atoms with Crippen molar-refractivity contribution in [2.75, 3.05) is 12.4 Å². The number of carbonyl (C=O) groups excluding carboxylic acids is 1. The molecule has 6 nitrogen and oxygen atoms in total. The van der Waals surface area contributed by atoms with Gasteiger partial charge in [0.2, 0.25) is 11.8 Å². The van der Waals surface area contributed by atoms with Gasteiger partial charge in [0.15, 0.2) is 5.58 Å². The van der Waals surface area contributed by atoms with Crippen molar-refractivity contribution in [2.45, 2.75) is 0 Å². The summed E-state index contributed by atoms with van der Waals surface area (Å²) in [5.41, 5.74) is 3.48. The van der Waals surface area contributed by atoms with Crippen LogP contribution in [0.5, 0.6) is 5.75 Å². The first-order valence-electron chi connectivity index (χ1n) is 10.6. The minimum atomic E-state index is -0.301. The van der Waals surface area contributed by atoms with Crippen LogP contribution in [0.15, 0.2) is 87.7 Å². The number of nitrogens with one attached hydrogen (secondary N) is 1. The number of halogens is 2. The quantitative estimate of drug-likeness (QED) is 0.239. The highest BCUT2D eigenvalue weighted by Gasteiger charge is 2.11. The lowest BCUT2D eigenvalue weighted by Gasteiger charge is -2.03. The number of benzene rings is 3. The van der Waals surface area contributed by atoms with Crippen LogP contribution in [0.3, 0.4) is 0 Å². The molecule has 0 atom stereocenters. The Morgan fingerprint density at radius 1 is 1.00 bits per heavy atom. The smallest absolute Gasteiger partial charge is 0.248 e. The van der Waals surface area contributed by atoms with Crippen LogP contribution in [-0.4, -0.2) is 18.0 Å². The fraction of sp³-hybridized carbons (Fsp3) is 0.0370. The maximum atomic E-state index is 12.4. The maximum absolute atomic E-state index is 12.4. The Kier molecular flexibility index (Phi) is 6.31. The van der Waals surface area contributed by atoms with Gasteiger partial charge < -0.3 is 18.9 Å². The summed E-state index contributed by atoms with van der Waals surface area (Å²) in [7, 11) is 1.60. The summed E-state index contributed by atoms with van der Waals surface area (Å²) < 4.78 is 16.8. The standard InChI is InChI=1S/C27H18Cl2N2O4/c1-33-19-10-13-24-22(15-19)31-27(35-24)16-5-7-17(8-6-16)30-25(32)14-11-18-9-12-23(34-18)20-3-2-4-21(28)26(20)29/h2-15H,1H3,(H,30,32). The Bertz CT molecular complexity index is 1550. The number of aromatic nitrogens is 1. The zero-order valence-electron chi connectivity index (χ0n) is 18.4. The Balaban J connectivity index is 1.24. The van der Waals surface area contributed by atoms with Gasteiger partial charge in [0, 0.05) is 29.0 Å². The number of furan rings is 1. The van der Waals surface area contributed by atoms with Crippen LogP contribution < -0.4 is 10.1 Å². The van der Waals surface area contributed by atoms with E-state index in [1.165, 1.54) is 6.08 Å². The molecule has 0 radical (unpaired) electrons. The molecule has 5 aromatic rings. The van der Waals surface area contributed by atoms with Crippen LogP contribution in [0.25, 0.3) is 40.0 Å². The molecule has 2 heterocycles. The minimum Gasteiger partial charge on any atom is -0.497 e. The van der Waals surface area contributed by atoms with Crippen molar-refractivity contribution in [3.63, 3.8) is 0 Å². The van der Waals surface area contributed by atoms with Crippen LogP contribution >= 0.6 is 23.2 Å². The van der Waals surface area contributed by atoms with E-state index in [-0.39, 0.29) is 5.91 Å². The average molecular weight is 505 g/mol. The van der Waals surface area contributed by atoms with Crippen LogP contribution in [0.2, 0.25) is 10.0 Å². The van der Waals surface area contributed by atoms with E-state index in [1.54, 1.807) is 49.6 Å². The fourth-order valence-corrected chi connectivity index (χ4v) is 3.87. The van der Waals surface area contributed by atoms with Gasteiger partial charge in [-0.1, -0.05) is 29.3 Å². The van der Waals surface area contributed by atoms with Crippen LogP contribution in [-0.2, 0) is 4.79 Å². The molecular weight excluding hydrogens is 487 g/mol. The highest BCUT2D eigenvalue weighted by Crippen LogP contribution is 2.34. The number of carbonyl (C=O) groups is 1. The molecule has 0 bridgehead atoms. The highest BCUT2D eigenvalue weighted by molar-refractivity contribution is 6.43. The molecule has 2 aromatic heterocycles. The van der Waals surface area contributed by atoms with Gasteiger partial charge in [-0.05, 0) is 66.7 Å². The molecule has 0 unspecified atom stereocenters. The second-order valence-corrected chi connectivity index (χ2v) is 8.34. The molecule has 1 N–H and O–H groups in total. The van der Waals surface area contributed by atoms with Gasteiger partial charge in [-0.3, -0.25) is 4.79 Å². The lowest BCUT2D eigenvalue weighted by molar-refractivity contribution is -0.111. The van der Waals surface area contributed by atoms with Crippen molar-refractivity contribution >= 4 is 52.0 Å². The van der Waals surface area contributed by atoms with E-state index in [1.807, 2.05) is 36.4 Å². The number of hydrogen-bond donors (Lipinski definition) is 1. The summed E-state index contributed by atoms with van der Waals surface area (Å²) in [5, 5.41) is 3.67. The predicted octanol–water partition coefficient (Wildman–Crippen LogP) is 7.72. The maximum Gasteiger partial charge on any atom is 0.248 e. The van der Waals surface area contributed by atoms with E-state index in [0.29, 0.717) is 55.6 Å². The zero-order valence-corrected chi connectivity index (χ0v) is 19.9. The normalized spacial score (nSPS) is 11.3. The third kappa shape index (κ3) is 4.94. The third-order valence-electron chi connectivity index (χ3n) is 5.24. The molecule has 0 fully saturated rings. The first kappa shape index (κ1) is 22.8. The molecule has 35 heavy (non-hydrogen) atoms. The van der Waals surface area contributed by atoms with Crippen LogP contribution in [0, 0.1) is 0 Å². The number of amides is 1. The topological polar surface area (TPSA) is 77.5 Å². The third-order valence-corrected chi connectivity index (χ3v) is 6.06. The van der Waals surface area contributed by atoms with Gasteiger partial charge in [-0.2, -0.15) is 0 Å². The van der Waals surface area contributed by atoms with E-state index in [9.17, 15) is 4.79 Å². The van der Waals surface area contributed by atoms with Crippen molar-refractivity contribution < 1.29 is 18.4 Å². The monoisotopic (exact) mass is 504 g/mol. The number of anilines is 1. The lowest BCUT2D eigenvalue weighted by Crippen LogP contribution is -2.07. The summed E-state index contributed by atoms with van der Waals surface area (Å²) in [5.74, 6) is 1.97. The number of oxazole rings is 1. The summed E-state index contributed by atoms with van der Waals surface area (Å²) >= 11 is 12.3. The molecule has 0 aliphatic carbocycles. The second-order valence-electron chi connectivity index (χ2n) is 7.56.